The molecule has 2 aromatic heterocycles. The standard InChI is InChI=1S/C21H19N5O2/c1-26-10-16(25-12-26)6-7-22-21-17-8-14(2-4-18(17)23-11-24-21)15-3-5-19-20(9-15)28-13-27-19/h2-5,8-12H,6-7,13H2,1H3,(H,22,23,24). The fourth-order valence-electron chi connectivity index (χ4n) is 3.36. The maximum absolute atomic E-state index is 5.50. The van der Waals surface area contributed by atoms with Crippen LogP contribution >= 0.6 is 0 Å². The molecule has 0 atom stereocenters. The summed E-state index contributed by atoms with van der Waals surface area (Å²) in [5, 5.41) is 4.41. The van der Waals surface area contributed by atoms with Crippen molar-refractivity contribution in [3.63, 3.8) is 0 Å². The third kappa shape index (κ3) is 3.11. The van der Waals surface area contributed by atoms with Crippen molar-refractivity contribution >= 4 is 16.7 Å². The molecular weight excluding hydrogens is 354 g/mol. The van der Waals surface area contributed by atoms with Crippen LogP contribution in [0.5, 0.6) is 11.5 Å². The second kappa shape index (κ2) is 6.84. The van der Waals surface area contributed by atoms with Crippen LogP contribution in [0.25, 0.3) is 22.0 Å². The summed E-state index contributed by atoms with van der Waals surface area (Å²) >= 11 is 0. The monoisotopic (exact) mass is 373 g/mol. The number of nitrogens with one attached hydrogen (secondary N) is 1. The van der Waals surface area contributed by atoms with Gasteiger partial charge in [0.25, 0.3) is 0 Å². The molecule has 7 nitrogen and oxygen atoms in total. The highest BCUT2D eigenvalue weighted by Gasteiger charge is 2.14. The molecule has 1 aliphatic rings. The molecular formula is C21H19N5O2. The average Bonchev–Trinajstić information content (AvgIpc) is 3.36. The van der Waals surface area contributed by atoms with Crippen molar-refractivity contribution < 1.29 is 9.47 Å². The van der Waals surface area contributed by atoms with Gasteiger partial charge in [-0.05, 0) is 35.4 Å². The van der Waals surface area contributed by atoms with Crippen LogP contribution in [0.4, 0.5) is 5.82 Å². The first-order valence-corrected chi connectivity index (χ1v) is 9.12. The molecule has 28 heavy (non-hydrogen) atoms. The number of nitrogens with zero attached hydrogens (tertiary/aromatic N) is 4. The number of benzene rings is 2. The Morgan fingerprint density at radius 1 is 1.00 bits per heavy atom. The highest BCUT2D eigenvalue weighted by atomic mass is 16.7. The van der Waals surface area contributed by atoms with Crippen molar-refractivity contribution in [3.05, 3.63) is 60.9 Å². The summed E-state index contributed by atoms with van der Waals surface area (Å²) in [5.41, 5.74) is 4.09. The molecule has 0 aliphatic carbocycles. The molecule has 0 radical (unpaired) electrons. The smallest absolute Gasteiger partial charge is 0.231 e. The van der Waals surface area contributed by atoms with Gasteiger partial charge in [0, 0.05) is 31.6 Å². The Kier molecular flexibility index (Phi) is 4.05. The van der Waals surface area contributed by atoms with E-state index in [1.54, 1.807) is 6.33 Å². The Balaban J connectivity index is 1.42. The first kappa shape index (κ1) is 16.6. The number of aryl methyl sites for hydroxylation is 1. The SMILES string of the molecule is Cn1cnc(CCNc2ncnc3ccc(-c4ccc5c(c4)OCO5)cc23)c1. The van der Waals surface area contributed by atoms with E-state index in [1.807, 2.05) is 48.4 Å². The van der Waals surface area contributed by atoms with Crippen molar-refractivity contribution in [1.29, 1.82) is 0 Å². The van der Waals surface area contributed by atoms with Gasteiger partial charge in [0.1, 0.15) is 12.1 Å². The van der Waals surface area contributed by atoms with Gasteiger partial charge in [0.2, 0.25) is 6.79 Å². The highest BCUT2D eigenvalue weighted by Crippen LogP contribution is 2.36. The minimum atomic E-state index is 0.273. The summed E-state index contributed by atoms with van der Waals surface area (Å²) in [6, 6.07) is 12.2. The molecule has 0 fully saturated rings. The van der Waals surface area contributed by atoms with Gasteiger partial charge in [-0.1, -0.05) is 12.1 Å². The number of fused-ring (bicyclic) bond motifs is 2. The number of ether oxygens (including phenoxy) is 2. The molecule has 7 heteroatoms. The van der Waals surface area contributed by atoms with Gasteiger partial charge in [-0.15, -0.1) is 0 Å². The second-order valence-electron chi connectivity index (χ2n) is 6.73. The van der Waals surface area contributed by atoms with E-state index in [0.29, 0.717) is 0 Å². The van der Waals surface area contributed by atoms with E-state index in [9.17, 15) is 0 Å². The van der Waals surface area contributed by atoms with Crippen LogP contribution in [0.1, 0.15) is 5.69 Å². The zero-order valence-electron chi connectivity index (χ0n) is 15.4. The van der Waals surface area contributed by atoms with E-state index in [-0.39, 0.29) is 6.79 Å². The highest BCUT2D eigenvalue weighted by molar-refractivity contribution is 5.92. The van der Waals surface area contributed by atoms with Gasteiger partial charge in [0.05, 0.1) is 17.5 Å². The van der Waals surface area contributed by atoms with Crippen molar-refractivity contribution in [1.82, 2.24) is 19.5 Å². The van der Waals surface area contributed by atoms with Crippen LogP contribution < -0.4 is 14.8 Å². The first-order chi connectivity index (χ1) is 13.8. The summed E-state index contributed by atoms with van der Waals surface area (Å²) < 4.78 is 12.9. The number of aromatic nitrogens is 4. The molecule has 0 saturated carbocycles. The summed E-state index contributed by atoms with van der Waals surface area (Å²) in [7, 11) is 1.97. The van der Waals surface area contributed by atoms with Crippen LogP contribution in [0.15, 0.2) is 55.2 Å². The predicted molar refractivity (Wildman–Crippen MR) is 106 cm³/mol. The Morgan fingerprint density at radius 2 is 1.86 bits per heavy atom. The zero-order valence-corrected chi connectivity index (χ0v) is 15.4. The topological polar surface area (TPSA) is 74.1 Å². The third-order valence-corrected chi connectivity index (χ3v) is 4.77. The Bertz CT molecular complexity index is 1150. The van der Waals surface area contributed by atoms with Crippen molar-refractivity contribution in [2.24, 2.45) is 7.05 Å². The maximum atomic E-state index is 5.50. The molecule has 5 rings (SSSR count). The molecule has 4 aromatic rings. The Morgan fingerprint density at radius 3 is 2.75 bits per heavy atom. The molecule has 0 amide bonds. The summed E-state index contributed by atoms with van der Waals surface area (Å²) in [6.07, 6.45) is 6.25. The molecule has 1 N–H and O–H groups in total. The summed E-state index contributed by atoms with van der Waals surface area (Å²) in [6.45, 7) is 1.02. The Hall–Kier alpha value is -3.61. The van der Waals surface area contributed by atoms with Crippen molar-refractivity contribution in [2.45, 2.75) is 6.42 Å². The van der Waals surface area contributed by atoms with Crippen LogP contribution in [-0.4, -0.2) is 32.9 Å². The van der Waals surface area contributed by atoms with Gasteiger partial charge in [-0.2, -0.15) is 0 Å². The number of anilines is 1. The summed E-state index contributed by atoms with van der Waals surface area (Å²) in [4.78, 5) is 13.2. The van der Waals surface area contributed by atoms with E-state index in [2.05, 4.69) is 32.4 Å². The van der Waals surface area contributed by atoms with Gasteiger partial charge in [-0.25, -0.2) is 15.0 Å². The number of imidazole rings is 1. The van der Waals surface area contributed by atoms with Crippen LogP contribution in [-0.2, 0) is 13.5 Å². The van der Waals surface area contributed by atoms with Gasteiger partial charge in [-0.3, -0.25) is 0 Å². The minimum Gasteiger partial charge on any atom is -0.454 e. The quantitative estimate of drug-likeness (QED) is 0.578. The molecule has 3 heterocycles. The number of rotatable bonds is 5. The fraction of sp³-hybridized carbons (Fsp3) is 0.190. The molecule has 140 valence electrons. The zero-order chi connectivity index (χ0) is 18.9. The summed E-state index contributed by atoms with van der Waals surface area (Å²) in [5.74, 6) is 2.38. The van der Waals surface area contributed by atoms with Crippen LogP contribution in [0.2, 0.25) is 0 Å². The molecule has 0 saturated heterocycles. The van der Waals surface area contributed by atoms with E-state index >= 15 is 0 Å². The maximum Gasteiger partial charge on any atom is 0.231 e. The normalized spacial score (nSPS) is 12.5. The van der Waals surface area contributed by atoms with Gasteiger partial charge < -0.3 is 19.4 Å². The number of hydrogen-bond acceptors (Lipinski definition) is 6. The Labute approximate surface area is 162 Å². The van der Waals surface area contributed by atoms with E-state index in [1.165, 1.54) is 0 Å². The van der Waals surface area contributed by atoms with Crippen molar-refractivity contribution in [3.8, 4) is 22.6 Å². The van der Waals surface area contributed by atoms with E-state index in [0.717, 1.165) is 58.0 Å². The van der Waals surface area contributed by atoms with Crippen molar-refractivity contribution in [2.75, 3.05) is 18.7 Å². The lowest BCUT2D eigenvalue weighted by molar-refractivity contribution is 0.174. The first-order valence-electron chi connectivity index (χ1n) is 9.12. The van der Waals surface area contributed by atoms with Gasteiger partial charge in [0.15, 0.2) is 11.5 Å². The average molecular weight is 373 g/mol. The fourth-order valence-corrected chi connectivity index (χ4v) is 3.36. The molecule has 2 aromatic carbocycles. The largest absolute Gasteiger partial charge is 0.454 e. The third-order valence-electron chi connectivity index (χ3n) is 4.77. The molecule has 1 aliphatic heterocycles. The lowest BCUT2D eigenvalue weighted by atomic mass is 10.0. The number of hydrogen-bond donors (Lipinski definition) is 1. The van der Waals surface area contributed by atoms with Gasteiger partial charge >= 0.3 is 0 Å². The van der Waals surface area contributed by atoms with Crippen LogP contribution in [0, 0.1) is 0 Å². The predicted octanol–water partition coefficient (Wildman–Crippen LogP) is 3.41. The molecule has 0 unspecified atom stereocenters. The van der Waals surface area contributed by atoms with E-state index < -0.39 is 0 Å². The molecule has 0 spiro atoms. The van der Waals surface area contributed by atoms with Crippen LogP contribution in [0.3, 0.4) is 0 Å². The molecule has 0 bridgehead atoms. The lowest BCUT2D eigenvalue weighted by Crippen LogP contribution is -2.07. The minimum absolute atomic E-state index is 0.273. The van der Waals surface area contributed by atoms with E-state index in [4.69, 9.17) is 9.47 Å². The lowest BCUT2D eigenvalue weighted by Gasteiger charge is -2.10. The second-order valence-corrected chi connectivity index (χ2v) is 6.73.